The van der Waals surface area contributed by atoms with Crippen LogP contribution >= 0.6 is 11.3 Å². The third kappa shape index (κ3) is 4.58. The summed E-state index contributed by atoms with van der Waals surface area (Å²) in [5, 5.41) is 5.78. The molecule has 0 aliphatic carbocycles. The van der Waals surface area contributed by atoms with Gasteiger partial charge >= 0.3 is 0 Å². The van der Waals surface area contributed by atoms with Gasteiger partial charge in [-0.2, -0.15) is 0 Å². The molecule has 1 fully saturated rings. The van der Waals surface area contributed by atoms with E-state index in [9.17, 15) is 4.79 Å². The molecule has 1 amide bonds. The summed E-state index contributed by atoms with van der Waals surface area (Å²) in [6.07, 6.45) is 1.93. The molecule has 1 aliphatic heterocycles. The second-order valence-electron chi connectivity index (χ2n) is 7.17. The molecule has 1 aliphatic rings. The van der Waals surface area contributed by atoms with Crippen LogP contribution in [0.4, 0.5) is 5.69 Å². The molecule has 3 aromatic rings. The molecule has 6 heteroatoms. The second-order valence-corrected chi connectivity index (χ2v) is 8.03. The monoisotopic (exact) mass is 392 g/mol. The minimum Gasteiger partial charge on any atom is -0.399 e. The van der Waals surface area contributed by atoms with Gasteiger partial charge in [-0.3, -0.25) is 9.69 Å². The predicted molar refractivity (Wildman–Crippen MR) is 114 cm³/mol. The molecule has 0 spiro atoms. The molecule has 0 bridgehead atoms. The van der Waals surface area contributed by atoms with Crippen LogP contribution in [-0.4, -0.2) is 34.9 Å². The van der Waals surface area contributed by atoms with E-state index in [4.69, 9.17) is 5.73 Å². The van der Waals surface area contributed by atoms with Gasteiger partial charge in [-0.05, 0) is 30.5 Å². The molecule has 0 radical (unpaired) electrons. The van der Waals surface area contributed by atoms with E-state index in [-0.39, 0.29) is 11.9 Å². The second kappa shape index (κ2) is 8.54. The smallest absolute Gasteiger partial charge is 0.270 e. The first-order valence-electron chi connectivity index (χ1n) is 9.56. The van der Waals surface area contributed by atoms with E-state index >= 15 is 0 Å². The highest BCUT2D eigenvalue weighted by molar-refractivity contribution is 7.13. The fourth-order valence-electron chi connectivity index (χ4n) is 3.52. The number of carbonyl (C=O) groups is 1. The Morgan fingerprint density at radius 1 is 1.14 bits per heavy atom. The molecule has 0 saturated carbocycles. The lowest BCUT2D eigenvalue weighted by molar-refractivity contribution is 0.0904. The molecule has 1 saturated heterocycles. The van der Waals surface area contributed by atoms with E-state index in [1.807, 2.05) is 35.7 Å². The first kappa shape index (κ1) is 18.7. The molecule has 0 atom stereocenters. The molecule has 28 heavy (non-hydrogen) atoms. The number of thiazole rings is 1. The number of rotatable bonds is 5. The van der Waals surface area contributed by atoms with Gasteiger partial charge in [0.25, 0.3) is 5.91 Å². The summed E-state index contributed by atoms with van der Waals surface area (Å²) in [4.78, 5) is 19.5. The quantitative estimate of drug-likeness (QED) is 0.648. The Kier molecular flexibility index (Phi) is 5.69. The van der Waals surface area contributed by atoms with Crippen molar-refractivity contribution in [3.05, 3.63) is 71.2 Å². The number of nitrogens with two attached hydrogens (primary N) is 1. The fraction of sp³-hybridized carbons (Fsp3) is 0.273. The number of benzene rings is 2. The van der Waals surface area contributed by atoms with E-state index in [0.717, 1.165) is 43.0 Å². The van der Waals surface area contributed by atoms with Gasteiger partial charge in [-0.25, -0.2) is 4.98 Å². The predicted octanol–water partition coefficient (Wildman–Crippen LogP) is 3.79. The standard InChI is InChI=1S/C22H24N4OS/c23-18-8-4-7-17(13-18)22-25-20(15-28-22)21(27)24-19-9-11-26(12-10-19)14-16-5-2-1-3-6-16/h1-8,13,15,19H,9-12,14,23H2,(H,24,27). The maximum atomic E-state index is 12.6. The molecule has 3 N–H and O–H groups in total. The number of likely N-dealkylation sites (tertiary alicyclic amines) is 1. The summed E-state index contributed by atoms with van der Waals surface area (Å²) >= 11 is 1.47. The van der Waals surface area contributed by atoms with Crippen LogP contribution in [0.15, 0.2) is 60.0 Å². The van der Waals surface area contributed by atoms with Crippen LogP contribution in [0.2, 0.25) is 0 Å². The Bertz CT molecular complexity index is 932. The van der Waals surface area contributed by atoms with E-state index in [1.54, 1.807) is 0 Å². The van der Waals surface area contributed by atoms with Gasteiger partial charge < -0.3 is 11.1 Å². The Morgan fingerprint density at radius 3 is 2.68 bits per heavy atom. The Balaban J connectivity index is 1.30. The molecule has 5 nitrogen and oxygen atoms in total. The van der Waals surface area contributed by atoms with Crippen LogP contribution < -0.4 is 11.1 Å². The molecule has 2 heterocycles. The number of piperidine rings is 1. The van der Waals surface area contributed by atoms with E-state index in [2.05, 4.69) is 39.5 Å². The first-order valence-corrected chi connectivity index (χ1v) is 10.4. The van der Waals surface area contributed by atoms with Crippen LogP contribution in [0, 0.1) is 0 Å². The Morgan fingerprint density at radius 2 is 1.93 bits per heavy atom. The van der Waals surface area contributed by atoms with Crippen molar-refractivity contribution in [2.24, 2.45) is 0 Å². The number of hydrogen-bond acceptors (Lipinski definition) is 5. The number of nitrogens with zero attached hydrogens (tertiary/aromatic N) is 2. The highest BCUT2D eigenvalue weighted by Gasteiger charge is 2.22. The summed E-state index contributed by atoms with van der Waals surface area (Å²) in [6.45, 7) is 2.95. The number of nitrogen functional groups attached to an aromatic ring is 1. The SMILES string of the molecule is Nc1cccc(-c2nc(C(=O)NC3CCN(Cc4ccccc4)CC3)cs2)c1. The topological polar surface area (TPSA) is 71.2 Å². The maximum absolute atomic E-state index is 12.6. The Labute approximate surface area is 169 Å². The van der Waals surface area contributed by atoms with Crippen molar-refractivity contribution >= 4 is 22.9 Å². The zero-order valence-corrected chi connectivity index (χ0v) is 16.5. The van der Waals surface area contributed by atoms with Crippen LogP contribution in [0.3, 0.4) is 0 Å². The van der Waals surface area contributed by atoms with Gasteiger partial charge in [0, 0.05) is 42.3 Å². The summed E-state index contributed by atoms with van der Waals surface area (Å²) in [6, 6.07) is 18.3. The number of aromatic nitrogens is 1. The average molecular weight is 393 g/mol. The van der Waals surface area contributed by atoms with Gasteiger partial charge in [-0.15, -0.1) is 11.3 Å². The third-order valence-electron chi connectivity index (χ3n) is 5.04. The average Bonchev–Trinajstić information content (AvgIpc) is 3.21. The molecule has 4 rings (SSSR count). The maximum Gasteiger partial charge on any atom is 0.270 e. The number of amides is 1. The van der Waals surface area contributed by atoms with Crippen LogP contribution in [0.25, 0.3) is 10.6 Å². The number of nitrogens with one attached hydrogen (secondary N) is 1. The van der Waals surface area contributed by atoms with Crippen molar-refractivity contribution in [2.75, 3.05) is 18.8 Å². The van der Waals surface area contributed by atoms with Crippen LogP contribution in [-0.2, 0) is 6.54 Å². The molecule has 2 aromatic carbocycles. The number of carbonyl (C=O) groups excluding carboxylic acids is 1. The van der Waals surface area contributed by atoms with Crippen LogP contribution in [0.5, 0.6) is 0 Å². The lowest BCUT2D eigenvalue weighted by Gasteiger charge is -2.32. The van der Waals surface area contributed by atoms with Gasteiger partial charge in [0.05, 0.1) is 0 Å². The highest BCUT2D eigenvalue weighted by Crippen LogP contribution is 2.25. The van der Waals surface area contributed by atoms with Gasteiger partial charge in [0.15, 0.2) is 0 Å². The molecular formula is C22H24N4OS. The molecule has 1 aromatic heterocycles. The highest BCUT2D eigenvalue weighted by atomic mass is 32.1. The number of hydrogen-bond donors (Lipinski definition) is 2. The van der Waals surface area contributed by atoms with Crippen molar-refractivity contribution in [1.82, 2.24) is 15.2 Å². The Hall–Kier alpha value is -2.70. The molecule has 144 valence electrons. The fourth-order valence-corrected chi connectivity index (χ4v) is 4.32. The van der Waals surface area contributed by atoms with Gasteiger partial charge in [-0.1, -0.05) is 42.5 Å². The van der Waals surface area contributed by atoms with Crippen molar-refractivity contribution < 1.29 is 4.79 Å². The zero-order chi connectivity index (χ0) is 19.3. The summed E-state index contributed by atoms with van der Waals surface area (Å²) in [7, 11) is 0. The lowest BCUT2D eigenvalue weighted by Crippen LogP contribution is -2.44. The summed E-state index contributed by atoms with van der Waals surface area (Å²) in [5.74, 6) is -0.0899. The third-order valence-corrected chi connectivity index (χ3v) is 5.93. The van der Waals surface area contributed by atoms with E-state index in [0.29, 0.717) is 11.4 Å². The zero-order valence-electron chi connectivity index (χ0n) is 15.7. The van der Waals surface area contributed by atoms with E-state index in [1.165, 1.54) is 16.9 Å². The normalized spacial score (nSPS) is 15.4. The first-order chi connectivity index (χ1) is 13.7. The van der Waals surface area contributed by atoms with Crippen LogP contribution in [0.1, 0.15) is 28.9 Å². The minimum atomic E-state index is -0.0899. The largest absolute Gasteiger partial charge is 0.399 e. The summed E-state index contributed by atoms with van der Waals surface area (Å²) < 4.78 is 0. The van der Waals surface area contributed by atoms with Gasteiger partial charge in [0.1, 0.15) is 10.7 Å². The minimum absolute atomic E-state index is 0.0899. The number of anilines is 1. The molecule has 0 unspecified atom stereocenters. The lowest BCUT2D eigenvalue weighted by atomic mass is 10.0. The van der Waals surface area contributed by atoms with Crippen molar-refractivity contribution in [1.29, 1.82) is 0 Å². The summed E-state index contributed by atoms with van der Waals surface area (Å²) in [5.41, 5.74) is 9.29. The van der Waals surface area contributed by atoms with Crippen molar-refractivity contribution in [3.63, 3.8) is 0 Å². The van der Waals surface area contributed by atoms with Gasteiger partial charge in [0.2, 0.25) is 0 Å². The van der Waals surface area contributed by atoms with E-state index < -0.39 is 0 Å². The van der Waals surface area contributed by atoms with Crippen molar-refractivity contribution in [2.45, 2.75) is 25.4 Å². The van der Waals surface area contributed by atoms with Crippen molar-refractivity contribution in [3.8, 4) is 10.6 Å². The molecular weight excluding hydrogens is 368 g/mol.